The molecule has 0 aromatic heterocycles. The Labute approximate surface area is 61.2 Å². The molecule has 0 aromatic rings. The molecular formula is Cl2MnZn. The monoisotopic (exact) mass is 189 g/mol. The van der Waals surface area contributed by atoms with Gasteiger partial charge in [-0.3, -0.25) is 0 Å². The van der Waals surface area contributed by atoms with E-state index in [-0.39, 0.29) is 61.4 Å². The van der Waals surface area contributed by atoms with Gasteiger partial charge in [0.2, 0.25) is 0 Å². The fourth-order valence-corrected chi connectivity index (χ4v) is 0. The molecule has 0 amide bonds. The molecule has 0 atom stereocenters. The van der Waals surface area contributed by atoms with Crippen molar-refractivity contribution >= 4 is 0 Å². The summed E-state index contributed by atoms with van der Waals surface area (Å²) in [4.78, 5) is 0. The molecule has 0 aliphatic carbocycles. The van der Waals surface area contributed by atoms with Gasteiger partial charge >= 0.3 is 19.5 Å². The van der Waals surface area contributed by atoms with E-state index in [0.29, 0.717) is 0 Å². The summed E-state index contributed by atoms with van der Waals surface area (Å²) >= 11 is 0. The van der Waals surface area contributed by atoms with Crippen LogP contribution in [-0.4, -0.2) is 0 Å². The van der Waals surface area contributed by atoms with Gasteiger partial charge in [-0.05, 0) is 0 Å². The fraction of sp³-hybridized carbons (Fsp3) is 0. The third-order valence-corrected chi connectivity index (χ3v) is 0. The molecule has 0 bridgehead atoms. The molecule has 23 valence electrons. The summed E-state index contributed by atoms with van der Waals surface area (Å²) in [6, 6.07) is 0. The summed E-state index contributed by atoms with van der Waals surface area (Å²) in [5.41, 5.74) is 0. The second-order valence-electron chi connectivity index (χ2n) is 0. The number of hydrogen-bond acceptors (Lipinski definition) is 0. The van der Waals surface area contributed by atoms with Gasteiger partial charge in [0.1, 0.15) is 0 Å². The van der Waals surface area contributed by atoms with Crippen LogP contribution in [0.25, 0.3) is 0 Å². The van der Waals surface area contributed by atoms with Crippen LogP contribution >= 0.6 is 0 Å². The standard InChI is InChI=1S/2ClH.Mn.Zn/h2*1H;;/q;;;+2/p-2. The molecule has 0 unspecified atom stereocenters. The van der Waals surface area contributed by atoms with Crippen molar-refractivity contribution in [2.24, 2.45) is 0 Å². The first-order valence-electron chi connectivity index (χ1n) is 0. The Balaban J connectivity index is 0. The van der Waals surface area contributed by atoms with Crippen LogP contribution in [0.4, 0.5) is 0 Å². The van der Waals surface area contributed by atoms with Crippen LogP contribution < -0.4 is 24.8 Å². The van der Waals surface area contributed by atoms with E-state index in [0.717, 1.165) is 0 Å². The molecule has 0 fully saturated rings. The smallest absolute Gasteiger partial charge is 1.00 e. The molecule has 0 aliphatic rings. The first-order valence-corrected chi connectivity index (χ1v) is 0. The molecule has 0 saturated carbocycles. The van der Waals surface area contributed by atoms with Crippen molar-refractivity contribution in [1.82, 2.24) is 0 Å². The largest absolute Gasteiger partial charge is 2.00 e. The summed E-state index contributed by atoms with van der Waals surface area (Å²) < 4.78 is 0. The second kappa shape index (κ2) is 22.1. The SMILES string of the molecule is [Cl-].[Cl-].[Mn].[Zn+2]. The molecule has 0 aromatic carbocycles. The molecule has 4 heteroatoms. The first kappa shape index (κ1) is 43.0. The van der Waals surface area contributed by atoms with E-state index >= 15 is 0 Å². The van der Waals surface area contributed by atoms with Gasteiger partial charge in [0.05, 0.1) is 0 Å². The second-order valence-corrected chi connectivity index (χ2v) is 0. The van der Waals surface area contributed by atoms with E-state index in [2.05, 4.69) is 0 Å². The molecule has 0 aliphatic heterocycles. The molecule has 0 N–H and O–H groups in total. The maximum atomic E-state index is 0. The van der Waals surface area contributed by atoms with Crippen molar-refractivity contribution < 1.29 is 61.4 Å². The number of rotatable bonds is 0. The molecule has 0 heterocycles. The molecule has 0 spiro atoms. The summed E-state index contributed by atoms with van der Waals surface area (Å²) in [6.07, 6.45) is 0. The minimum Gasteiger partial charge on any atom is -1.00 e. The quantitative estimate of drug-likeness (QED) is 0.334. The Hall–Kier alpha value is 1.72. The van der Waals surface area contributed by atoms with Crippen LogP contribution in [0.2, 0.25) is 0 Å². The van der Waals surface area contributed by atoms with Crippen molar-refractivity contribution in [3.8, 4) is 0 Å². The van der Waals surface area contributed by atoms with Gasteiger partial charge in [0.25, 0.3) is 0 Å². The van der Waals surface area contributed by atoms with Gasteiger partial charge < -0.3 is 24.8 Å². The molecule has 4 heavy (non-hydrogen) atoms. The van der Waals surface area contributed by atoms with Crippen molar-refractivity contribution in [2.75, 3.05) is 0 Å². The van der Waals surface area contributed by atoms with Gasteiger partial charge in [-0.2, -0.15) is 0 Å². The van der Waals surface area contributed by atoms with E-state index in [4.69, 9.17) is 0 Å². The van der Waals surface area contributed by atoms with Gasteiger partial charge in [0, 0.05) is 17.1 Å². The summed E-state index contributed by atoms with van der Waals surface area (Å²) in [7, 11) is 0. The maximum Gasteiger partial charge on any atom is 2.00 e. The van der Waals surface area contributed by atoms with Crippen LogP contribution in [0.1, 0.15) is 0 Å². The van der Waals surface area contributed by atoms with Crippen molar-refractivity contribution in [3.05, 3.63) is 0 Å². The van der Waals surface area contributed by atoms with Crippen LogP contribution in [0.15, 0.2) is 0 Å². The topological polar surface area (TPSA) is 0 Å². The summed E-state index contributed by atoms with van der Waals surface area (Å²) in [5, 5.41) is 0. The van der Waals surface area contributed by atoms with Crippen LogP contribution in [0.3, 0.4) is 0 Å². The fourth-order valence-electron chi connectivity index (χ4n) is 0. The molecule has 0 rings (SSSR count). The van der Waals surface area contributed by atoms with Crippen LogP contribution in [0, 0.1) is 0 Å². The molecule has 0 saturated heterocycles. The van der Waals surface area contributed by atoms with Gasteiger partial charge in [-0.25, -0.2) is 0 Å². The Morgan fingerprint density at radius 1 is 0.750 bits per heavy atom. The summed E-state index contributed by atoms with van der Waals surface area (Å²) in [5.74, 6) is 0. The van der Waals surface area contributed by atoms with Crippen molar-refractivity contribution in [2.45, 2.75) is 0 Å². The van der Waals surface area contributed by atoms with E-state index in [1.54, 1.807) is 0 Å². The zero-order valence-electron chi connectivity index (χ0n) is 1.84. The third-order valence-electron chi connectivity index (χ3n) is 0. The van der Waals surface area contributed by atoms with Crippen molar-refractivity contribution in [3.63, 3.8) is 0 Å². The van der Waals surface area contributed by atoms with Crippen LogP contribution in [0.5, 0.6) is 0 Å². The Bertz CT molecular complexity index is 6.00. The van der Waals surface area contributed by atoms with E-state index < -0.39 is 0 Å². The van der Waals surface area contributed by atoms with Gasteiger partial charge in [0.15, 0.2) is 0 Å². The molecule has 1 radical (unpaired) electrons. The minimum absolute atomic E-state index is 0. The molecular weight excluding hydrogens is 191 g/mol. The van der Waals surface area contributed by atoms with E-state index in [9.17, 15) is 0 Å². The first-order chi connectivity index (χ1) is 0. The zero-order chi connectivity index (χ0) is 0. The Morgan fingerprint density at radius 2 is 0.750 bits per heavy atom. The average Bonchev–Trinajstić information content (AvgIpc) is 0. The van der Waals surface area contributed by atoms with Gasteiger partial charge in [-0.15, -0.1) is 0 Å². The van der Waals surface area contributed by atoms with E-state index in [1.807, 2.05) is 0 Å². The Morgan fingerprint density at radius 3 is 0.750 bits per heavy atom. The third kappa shape index (κ3) is 9.30. The number of halogens is 2. The number of hydrogen-bond donors (Lipinski definition) is 0. The predicted octanol–water partition coefficient (Wildman–Crippen LogP) is -6.00. The van der Waals surface area contributed by atoms with E-state index in [1.165, 1.54) is 0 Å². The van der Waals surface area contributed by atoms with Gasteiger partial charge in [-0.1, -0.05) is 0 Å². The minimum atomic E-state index is 0. The maximum absolute atomic E-state index is 0. The van der Waals surface area contributed by atoms with Crippen LogP contribution in [-0.2, 0) is 36.5 Å². The summed E-state index contributed by atoms with van der Waals surface area (Å²) in [6.45, 7) is 0. The average molecular weight is 191 g/mol. The predicted molar refractivity (Wildman–Crippen MR) is 0 cm³/mol. The normalized spacial score (nSPS) is 0. The van der Waals surface area contributed by atoms with Crippen molar-refractivity contribution in [1.29, 1.82) is 0 Å². The zero-order valence-corrected chi connectivity index (χ0v) is 7.50. The molecule has 0 nitrogen and oxygen atoms in total. The Kier molecular flexibility index (Phi) is 237.